The second kappa shape index (κ2) is 5.37. The normalized spacial score (nSPS) is 17.2. The van der Waals surface area contributed by atoms with Crippen LogP contribution in [0.3, 0.4) is 0 Å². The molecule has 1 atom stereocenters. The van der Waals surface area contributed by atoms with Crippen molar-refractivity contribution in [1.82, 2.24) is 0 Å². The van der Waals surface area contributed by atoms with Crippen molar-refractivity contribution in [2.45, 2.75) is 6.42 Å². The Kier molecular flexibility index (Phi) is 3.42. The van der Waals surface area contributed by atoms with E-state index in [2.05, 4.69) is 0 Å². The van der Waals surface area contributed by atoms with Gasteiger partial charge in [-0.3, -0.25) is 4.79 Å². The summed E-state index contributed by atoms with van der Waals surface area (Å²) in [5, 5.41) is 0. The zero-order valence-corrected chi connectivity index (χ0v) is 11.3. The number of Topliss-reactive ketones (excluding diaryl/α,β-unsaturated/α-hetero) is 1. The highest BCUT2D eigenvalue weighted by atomic mass is 16.5. The van der Waals surface area contributed by atoms with Crippen LogP contribution in [0.5, 0.6) is 11.5 Å². The molecule has 0 aromatic heterocycles. The maximum Gasteiger partial charge on any atom is 0.173 e. The van der Waals surface area contributed by atoms with Gasteiger partial charge in [0.25, 0.3) is 0 Å². The Morgan fingerprint density at radius 3 is 2.75 bits per heavy atom. The highest BCUT2D eigenvalue weighted by Crippen LogP contribution is 2.30. The summed E-state index contributed by atoms with van der Waals surface area (Å²) in [5.74, 6) is 1.51. The zero-order valence-electron chi connectivity index (χ0n) is 11.3. The van der Waals surface area contributed by atoms with Crippen LogP contribution in [0.15, 0.2) is 48.5 Å². The number of carbonyl (C=O) groups is 1. The van der Waals surface area contributed by atoms with Crippen molar-refractivity contribution in [1.29, 1.82) is 0 Å². The van der Waals surface area contributed by atoms with E-state index in [1.165, 1.54) is 0 Å². The Morgan fingerprint density at radius 2 is 1.90 bits per heavy atom. The van der Waals surface area contributed by atoms with Gasteiger partial charge in [0.05, 0.1) is 25.2 Å². The average Bonchev–Trinajstić information content (AvgIpc) is 2.51. The van der Waals surface area contributed by atoms with E-state index < -0.39 is 0 Å². The van der Waals surface area contributed by atoms with Crippen LogP contribution in [0.1, 0.15) is 15.9 Å². The maximum atomic E-state index is 12.5. The summed E-state index contributed by atoms with van der Waals surface area (Å²) in [4.78, 5) is 12.5. The Labute approximate surface area is 118 Å². The summed E-state index contributed by atoms with van der Waals surface area (Å²) in [6, 6.07) is 15.2. The van der Waals surface area contributed by atoms with E-state index in [0.717, 1.165) is 11.3 Å². The fourth-order valence-electron chi connectivity index (χ4n) is 2.57. The predicted molar refractivity (Wildman–Crippen MR) is 76.5 cm³/mol. The van der Waals surface area contributed by atoms with E-state index in [1.54, 1.807) is 7.11 Å². The number of hydrogen-bond donors (Lipinski definition) is 0. The van der Waals surface area contributed by atoms with Gasteiger partial charge in [-0.2, -0.15) is 0 Å². The summed E-state index contributed by atoms with van der Waals surface area (Å²) >= 11 is 0. The van der Waals surface area contributed by atoms with E-state index >= 15 is 0 Å². The standard InChI is InChI=1S/C17H16O3/c1-19-15-8-4-2-6-12(15)10-13-11-20-16-9-5-3-7-14(16)17(13)18/h2-9,13H,10-11H2,1H3. The largest absolute Gasteiger partial charge is 0.496 e. The number of ether oxygens (including phenoxy) is 2. The molecule has 0 radical (unpaired) electrons. The second-order valence-corrected chi connectivity index (χ2v) is 4.88. The minimum absolute atomic E-state index is 0.151. The molecule has 0 bridgehead atoms. The number of para-hydroxylation sites is 2. The van der Waals surface area contributed by atoms with Gasteiger partial charge in [0.2, 0.25) is 0 Å². The first-order chi connectivity index (χ1) is 9.79. The molecule has 1 aliphatic rings. The molecule has 3 rings (SSSR count). The molecule has 0 saturated carbocycles. The fraction of sp³-hybridized carbons (Fsp3) is 0.235. The van der Waals surface area contributed by atoms with Crippen LogP contribution >= 0.6 is 0 Å². The highest BCUT2D eigenvalue weighted by Gasteiger charge is 2.29. The van der Waals surface area contributed by atoms with Crippen LogP contribution in [-0.2, 0) is 6.42 Å². The van der Waals surface area contributed by atoms with Crippen molar-refractivity contribution in [2.75, 3.05) is 13.7 Å². The number of methoxy groups -OCH3 is 1. The minimum atomic E-state index is -0.152. The van der Waals surface area contributed by atoms with Crippen LogP contribution in [0.2, 0.25) is 0 Å². The topological polar surface area (TPSA) is 35.5 Å². The Hall–Kier alpha value is -2.29. The summed E-state index contributed by atoms with van der Waals surface area (Å²) in [6.07, 6.45) is 0.636. The average molecular weight is 268 g/mol. The third-order valence-electron chi connectivity index (χ3n) is 3.62. The van der Waals surface area contributed by atoms with Gasteiger partial charge in [0, 0.05) is 0 Å². The number of ketones is 1. The Bertz CT molecular complexity index is 634. The van der Waals surface area contributed by atoms with E-state index in [-0.39, 0.29) is 11.7 Å². The number of hydrogen-bond acceptors (Lipinski definition) is 3. The molecule has 20 heavy (non-hydrogen) atoms. The minimum Gasteiger partial charge on any atom is -0.496 e. The summed E-state index contributed by atoms with van der Waals surface area (Å²) < 4.78 is 11.0. The molecule has 0 saturated heterocycles. The van der Waals surface area contributed by atoms with Gasteiger partial charge in [-0.05, 0) is 30.2 Å². The zero-order chi connectivity index (χ0) is 13.9. The lowest BCUT2D eigenvalue weighted by atomic mass is 9.89. The molecule has 0 spiro atoms. The van der Waals surface area contributed by atoms with Gasteiger partial charge in [0.1, 0.15) is 11.5 Å². The quantitative estimate of drug-likeness (QED) is 0.858. The Balaban J connectivity index is 1.85. The number of carbonyl (C=O) groups excluding carboxylic acids is 1. The number of rotatable bonds is 3. The SMILES string of the molecule is COc1ccccc1CC1COc2ccccc2C1=O. The molecule has 2 aromatic rings. The fourth-order valence-corrected chi connectivity index (χ4v) is 2.57. The molecule has 0 N–H and O–H groups in total. The van der Waals surface area contributed by atoms with Crippen LogP contribution in [0.25, 0.3) is 0 Å². The van der Waals surface area contributed by atoms with Crippen molar-refractivity contribution in [2.24, 2.45) is 5.92 Å². The molecular formula is C17H16O3. The molecule has 2 aromatic carbocycles. The number of benzene rings is 2. The van der Waals surface area contributed by atoms with Crippen LogP contribution in [-0.4, -0.2) is 19.5 Å². The Morgan fingerprint density at radius 1 is 1.15 bits per heavy atom. The molecule has 0 aliphatic carbocycles. The first-order valence-corrected chi connectivity index (χ1v) is 6.67. The molecule has 1 unspecified atom stereocenters. The van der Waals surface area contributed by atoms with Crippen molar-refractivity contribution < 1.29 is 14.3 Å². The van der Waals surface area contributed by atoms with Gasteiger partial charge >= 0.3 is 0 Å². The van der Waals surface area contributed by atoms with Crippen molar-refractivity contribution in [3.05, 3.63) is 59.7 Å². The molecule has 1 heterocycles. The lowest BCUT2D eigenvalue weighted by molar-refractivity contribution is 0.0830. The van der Waals surface area contributed by atoms with Gasteiger partial charge in [-0.1, -0.05) is 30.3 Å². The first-order valence-electron chi connectivity index (χ1n) is 6.67. The van der Waals surface area contributed by atoms with Gasteiger partial charge in [-0.15, -0.1) is 0 Å². The first kappa shape index (κ1) is 12.7. The van der Waals surface area contributed by atoms with Crippen LogP contribution < -0.4 is 9.47 Å². The lowest BCUT2D eigenvalue weighted by Gasteiger charge is -2.24. The number of fused-ring (bicyclic) bond motifs is 1. The molecule has 0 amide bonds. The summed E-state index contributed by atoms with van der Waals surface area (Å²) in [6.45, 7) is 0.424. The third kappa shape index (κ3) is 2.27. The molecule has 3 nitrogen and oxygen atoms in total. The van der Waals surface area contributed by atoms with Gasteiger partial charge in [0.15, 0.2) is 5.78 Å². The molecular weight excluding hydrogens is 252 g/mol. The smallest absolute Gasteiger partial charge is 0.173 e. The van der Waals surface area contributed by atoms with E-state index in [1.807, 2.05) is 48.5 Å². The van der Waals surface area contributed by atoms with E-state index in [0.29, 0.717) is 24.3 Å². The maximum absolute atomic E-state index is 12.5. The van der Waals surface area contributed by atoms with Gasteiger partial charge in [-0.25, -0.2) is 0 Å². The molecule has 102 valence electrons. The predicted octanol–water partition coefficient (Wildman–Crippen LogP) is 3.13. The summed E-state index contributed by atoms with van der Waals surface area (Å²) in [7, 11) is 1.65. The van der Waals surface area contributed by atoms with Crippen molar-refractivity contribution in [3.63, 3.8) is 0 Å². The van der Waals surface area contributed by atoms with Crippen molar-refractivity contribution in [3.8, 4) is 11.5 Å². The van der Waals surface area contributed by atoms with Gasteiger partial charge < -0.3 is 9.47 Å². The molecule has 1 aliphatic heterocycles. The van der Waals surface area contributed by atoms with E-state index in [4.69, 9.17) is 9.47 Å². The molecule has 0 fully saturated rings. The second-order valence-electron chi connectivity index (χ2n) is 4.88. The monoisotopic (exact) mass is 268 g/mol. The molecule has 3 heteroatoms. The van der Waals surface area contributed by atoms with E-state index in [9.17, 15) is 4.79 Å². The summed E-state index contributed by atoms with van der Waals surface area (Å²) in [5.41, 5.74) is 1.72. The highest BCUT2D eigenvalue weighted by molar-refractivity contribution is 6.01. The lowest BCUT2D eigenvalue weighted by Crippen LogP contribution is -2.29. The van der Waals surface area contributed by atoms with Crippen LogP contribution in [0.4, 0.5) is 0 Å². The third-order valence-corrected chi connectivity index (χ3v) is 3.62. The van der Waals surface area contributed by atoms with Crippen LogP contribution in [0, 0.1) is 5.92 Å². The van der Waals surface area contributed by atoms with Crippen molar-refractivity contribution >= 4 is 5.78 Å².